The molecule has 0 aliphatic rings. The largest absolute Gasteiger partial charge is 0.387 e. The molecule has 1 rings (SSSR count). The number of hydrogen-bond donors (Lipinski definition) is 2. The van der Waals surface area contributed by atoms with Crippen molar-refractivity contribution in [3.63, 3.8) is 0 Å². The second-order valence-electron chi connectivity index (χ2n) is 4.78. The minimum atomic E-state index is -0.635. The zero-order valence-electron chi connectivity index (χ0n) is 11.2. The average molecular weight is 255 g/mol. The Labute approximate surface area is 108 Å². The number of benzene rings is 1. The maximum absolute atomic E-state index is 12.8. The molecule has 0 spiro atoms. The van der Waals surface area contributed by atoms with Gasteiger partial charge in [-0.3, -0.25) is 0 Å². The van der Waals surface area contributed by atoms with Crippen LogP contribution in [0, 0.1) is 11.7 Å². The molecule has 0 radical (unpaired) electrons. The third-order valence-electron chi connectivity index (χ3n) is 2.98. The second-order valence-corrected chi connectivity index (χ2v) is 4.78. The normalized spacial score (nSPS) is 14.8. The fourth-order valence-electron chi connectivity index (χ4n) is 1.73. The monoisotopic (exact) mass is 255 g/mol. The van der Waals surface area contributed by atoms with Gasteiger partial charge >= 0.3 is 0 Å². The summed E-state index contributed by atoms with van der Waals surface area (Å²) < 4.78 is 17.9. The minimum Gasteiger partial charge on any atom is -0.387 e. The first-order valence-electron chi connectivity index (χ1n) is 6.20. The van der Waals surface area contributed by atoms with Crippen molar-refractivity contribution in [1.82, 2.24) is 5.32 Å². The molecular weight excluding hydrogens is 233 g/mol. The Morgan fingerprint density at radius 2 is 1.89 bits per heavy atom. The van der Waals surface area contributed by atoms with Gasteiger partial charge in [0.15, 0.2) is 0 Å². The highest BCUT2D eigenvalue weighted by Crippen LogP contribution is 2.13. The summed E-state index contributed by atoms with van der Waals surface area (Å²) >= 11 is 0. The summed E-state index contributed by atoms with van der Waals surface area (Å²) in [6.45, 7) is 5.23. The lowest BCUT2D eigenvalue weighted by Crippen LogP contribution is -2.39. The van der Waals surface area contributed by atoms with Crippen LogP contribution < -0.4 is 5.32 Å². The van der Waals surface area contributed by atoms with Crippen LogP contribution in [0.25, 0.3) is 0 Å². The molecule has 4 heteroatoms. The number of ether oxygens (including phenoxy) is 1. The number of rotatable bonds is 7. The zero-order valence-corrected chi connectivity index (χ0v) is 11.2. The van der Waals surface area contributed by atoms with Gasteiger partial charge in [-0.15, -0.1) is 0 Å². The molecule has 1 aromatic rings. The highest BCUT2D eigenvalue weighted by Gasteiger charge is 2.15. The van der Waals surface area contributed by atoms with E-state index in [9.17, 15) is 9.50 Å². The Morgan fingerprint density at radius 3 is 2.39 bits per heavy atom. The van der Waals surface area contributed by atoms with E-state index in [4.69, 9.17) is 4.74 Å². The van der Waals surface area contributed by atoms with Crippen molar-refractivity contribution in [3.05, 3.63) is 35.6 Å². The topological polar surface area (TPSA) is 41.5 Å². The van der Waals surface area contributed by atoms with Crippen LogP contribution >= 0.6 is 0 Å². The third-order valence-corrected chi connectivity index (χ3v) is 2.98. The molecule has 2 atom stereocenters. The summed E-state index contributed by atoms with van der Waals surface area (Å²) in [4.78, 5) is 0. The average Bonchev–Trinajstić information content (AvgIpc) is 2.34. The van der Waals surface area contributed by atoms with E-state index < -0.39 is 6.10 Å². The Kier molecular flexibility index (Phi) is 6.25. The van der Waals surface area contributed by atoms with E-state index in [0.29, 0.717) is 24.6 Å². The summed E-state index contributed by atoms with van der Waals surface area (Å²) in [6.07, 6.45) is -0.635. The zero-order chi connectivity index (χ0) is 13.5. The van der Waals surface area contributed by atoms with Gasteiger partial charge < -0.3 is 15.2 Å². The first kappa shape index (κ1) is 15.1. The van der Waals surface area contributed by atoms with Gasteiger partial charge in [0.1, 0.15) is 5.82 Å². The summed E-state index contributed by atoms with van der Waals surface area (Å²) in [5, 5.41) is 13.2. The molecule has 18 heavy (non-hydrogen) atoms. The van der Waals surface area contributed by atoms with Gasteiger partial charge in [-0.2, -0.15) is 0 Å². The van der Waals surface area contributed by atoms with E-state index in [1.54, 1.807) is 19.2 Å². The van der Waals surface area contributed by atoms with Gasteiger partial charge in [-0.1, -0.05) is 26.0 Å². The lowest BCUT2D eigenvalue weighted by molar-refractivity contribution is 0.124. The van der Waals surface area contributed by atoms with E-state index in [-0.39, 0.29) is 11.9 Å². The van der Waals surface area contributed by atoms with Gasteiger partial charge in [0.25, 0.3) is 0 Å². The number of nitrogens with one attached hydrogen (secondary N) is 1. The molecule has 0 amide bonds. The smallest absolute Gasteiger partial charge is 0.123 e. The highest BCUT2D eigenvalue weighted by molar-refractivity contribution is 5.18. The molecule has 0 heterocycles. The Morgan fingerprint density at radius 1 is 1.28 bits per heavy atom. The third kappa shape index (κ3) is 4.72. The summed E-state index contributed by atoms with van der Waals surface area (Å²) in [6, 6.07) is 6.11. The van der Waals surface area contributed by atoms with Crippen LogP contribution in [0.2, 0.25) is 0 Å². The SMILES string of the molecule is COCC(NCC(O)c1ccc(F)cc1)C(C)C. The van der Waals surface area contributed by atoms with Crippen molar-refractivity contribution in [2.45, 2.75) is 26.0 Å². The number of hydrogen-bond acceptors (Lipinski definition) is 3. The van der Waals surface area contributed by atoms with Crippen LogP contribution in [0.1, 0.15) is 25.5 Å². The van der Waals surface area contributed by atoms with Crippen LogP contribution in [0.15, 0.2) is 24.3 Å². The molecule has 2 unspecified atom stereocenters. The van der Waals surface area contributed by atoms with Crippen LogP contribution in [0.3, 0.4) is 0 Å². The van der Waals surface area contributed by atoms with Crippen molar-refractivity contribution < 1.29 is 14.2 Å². The van der Waals surface area contributed by atoms with E-state index in [2.05, 4.69) is 19.2 Å². The van der Waals surface area contributed by atoms with Gasteiger partial charge in [-0.05, 0) is 23.6 Å². The molecule has 0 saturated carbocycles. The number of aliphatic hydroxyl groups is 1. The molecule has 2 N–H and O–H groups in total. The number of halogens is 1. The van der Waals surface area contributed by atoms with Crippen molar-refractivity contribution in [3.8, 4) is 0 Å². The summed E-state index contributed by atoms with van der Waals surface area (Å²) in [5.41, 5.74) is 0.712. The van der Waals surface area contributed by atoms with Gasteiger partial charge in [-0.25, -0.2) is 4.39 Å². The first-order valence-corrected chi connectivity index (χ1v) is 6.20. The fraction of sp³-hybridized carbons (Fsp3) is 0.571. The van der Waals surface area contributed by atoms with Crippen molar-refractivity contribution >= 4 is 0 Å². The molecule has 0 saturated heterocycles. The van der Waals surface area contributed by atoms with E-state index in [1.165, 1.54) is 12.1 Å². The Hall–Kier alpha value is -0.970. The second kappa shape index (κ2) is 7.46. The highest BCUT2D eigenvalue weighted by atomic mass is 19.1. The van der Waals surface area contributed by atoms with Crippen molar-refractivity contribution in [1.29, 1.82) is 0 Å². The molecule has 0 aromatic heterocycles. The van der Waals surface area contributed by atoms with Crippen LogP contribution in [-0.2, 0) is 4.74 Å². The lowest BCUT2D eigenvalue weighted by atomic mass is 10.0. The van der Waals surface area contributed by atoms with E-state index in [0.717, 1.165) is 0 Å². The lowest BCUT2D eigenvalue weighted by Gasteiger charge is -2.23. The predicted molar refractivity (Wildman–Crippen MR) is 69.9 cm³/mol. The standard InChI is InChI=1S/C14H22FNO2/c1-10(2)13(9-18-3)16-8-14(17)11-4-6-12(15)7-5-11/h4-7,10,13-14,16-17H,8-9H2,1-3H3. The van der Waals surface area contributed by atoms with Crippen LogP contribution in [0.5, 0.6) is 0 Å². The van der Waals surface area contributed by atoms with Gasteiger partial charge in [0.2, 0.25) is 0 Å². The van der Waals surface area contributed by atoms with Crippen molar-refractivity contribution in [2.24, 2.45) is 5.92 Å². The Bertz CT molecular complexity index is 340. The maximum Gasteiger partial charge on any atom is 0.123 e. The van der Waals surface area contributed by atoms with E-state index in [1.807, 2.05) is 0 Å². The Balaban J connectivity index is 2.48. The van der Waals surface area contributed by atoms with Crippen LogP contribution in [0.4, 0.5) is 4.39 Å². The maximum atomic E-state index is 12.8. The summed E-state index contributed by atoms with van der Waals surface area (Å²) in [7, 11) is 1.66. The van der Waals surface area contributed by atoms with Crippen molar-refractivity contribution in [2.75, 3.05) is 20.3 Å². The molecule has 0 fully saturated rings. The quantitative estimate of drug-likeness (QED) is 0.784. The summed E-state index contributed by atoms with van der Waals surface area (Å²) in [5.74, 6) is 0.128. The van der Waals surface area contributed by atoms with Gasteiger partial charge in [0.05, 0.1) is 12.7 Å². The molecule has 0 bridgehead atoms. The fourth-order valence-corrected chi connectivity index (χ4v) is 1.73. The molecule has 3 nitrogen and oxygen atoms in total. The minimum absolute atomic E-state index is 0.199. The molecule has 0 aliphatic heterocycles. The molecule has 0 aliphatic carbocycles. The van der Waals surface area contributed by atoms with Crippen LogP contribution in [-0.4, -0.2) is 31.4 Å². The van der Waals surface area contributed by atoms with Gasteiger partial charge in [0, 0.05) is 19.7 Å². The van der Waals surface area contributed by atoms with E-state index >= 15 is 0 Å². The molecular formula is C14H22FNO2. The number of aliphatic hydroxyl groups excluding tert-OH is 1. The molecule has 102 valence electrons. The predicted octanol–water partition coefficient (Wildman–Crippen LogP) is 2.12. The molecule has 1 aromatic carbocycles. The first-order chi connectivity index (χ1) is 8.54. The number of methoxy groups -OCH3 is 1.